The van der Waals surface area contributed by atoms with Gasteiger partial charge in [0.15, 0.2) is 0 Å². The molecule has 0 aliphatic carbocycles. The van der Waals surface area contributed by atoms with Crippen molar-refractivity contribution >= 4 is 11.8 Å². The van der Waals surface area contributed by atoms with Gasteiger partial charge < -0.3 is 14.4 Å². The number of carbonyl (C=O) groups excluding carboxylic acids is 1. The first-order chi connectivity index (χ1) is 9.61. The van der Waals surface area contributed by atoms with Crippen molar-refractivity contribution in [2.45, 2.75) is 45.3 Å². The number of rotatable bonds is 4. The number of methoxy groups -OCH3 is 1. The molecule has 1 aromatic rings. The molecule has 1 aromatic heterocycles. The van der Waals surface area contributed by atoms with Gasteiger partial charge in [0.25, 0.3) is 0 Å². The number of carbonyl (C=O) groups is 1. The van der Waals surface area contributed by atoms with E-state index in [0.29, 0.717) is 11.7 Å². The van der Waals surface area contributed by atoms with Crippen LogP contribution >= 0.6 is 0 Å². The summed E-state index contributed by atoms with van der Waals surface area (Å²) >= 11 is 0. The lowest BCUT2D eigenvalue weighted by Crippen LogP contribution is -2.45. The maximum atomic E-state index is 11.9. The van der Waals surface area contributed by atoms with Crippen molar-refractivity contribution in [3.05, 3.63) is 12.4 Å². The molecule has 0 amide bonds. The first-order valence-electron chi connectivity index (χ1n) is 6.95. The zero-order chi connectivity index (χ0) is 14.5. The largest absolute Gasteiger partial charge is 0.475 e. The van der Waals surface area contributed by atoms with Gasteiger partial charge in [-0.05, 0) is 33.1 Å². The minimum absolute atomic E-state index is 0.0514. The highest BCUT2D eigenvalue weighted by molar-refractivity contribution is 5.79. The number of anilines is 1. The zero-order valence-corrected chi connectivity index (χ0v) is 12.2. The molecule has 1 saturated heterocycles. The van der Waals surface area contributed by atoms with Crippen LogP contribution in [0.15, 0.2) is 12.4 Å². The topological polar surface area (TPSA) is 64.5 Å². The maximum absolute atomic E-state index is 11.9. The Morgan fingerprint density at radius 3 is 2.90 bits per heavy atom. The maximum Gasteiger partial charge on any atom is 0.328 e. The first kappa shape index (κ1) is 14.6. The molecule has 20 heavy (non-hydrogen) atoms. The highest BCUT2D eigenvalue weighted by atomic mass is 16.5. The van der Waals surface area contributed by atoms with Crippen LogP contribution in [0.2, 0.25) is 0 Å². The van der Waals surface area contributed by atoms with Crippen molar-refractivity contribution in [2.24, 2.45) is 0 Å². The van der Waals surface area contributed by atoms with Crippen LogP contribution in [-0.4, -0.2) is 41.7 Å². The minimum Gasteiger partial charge on any atom is -0.475 e. The summed E-state index contributed by atoms with van der Waals surface area (Å²) in [6.07, 6.45) is 4.37. The minimum atomic E-state index is -0.268. The van der Waals surface area contributed by atoms with E-state index in [2.05, 4.69) is 9.97 Å². The number of aromatic nitrogens is 2. The van der Waals surface area contributed by atoms with Gasteiger partial charge in [-0.25, -0.2) is 14.8 Å². The van der Waals surface area contributed by atoms with Gasteiger partial charge in [0.2, 0.25) is 5.88 Å². The molecule has 110 valence electrons. The normalized spacial score (nSPS) is 19.0. The van der Waals surface area contributed by atoms with Gasteiger partial charge in [-0.3, -0.25) is 0 Å². The number of esters is 1. The standard InChI is InChI=1S/C14H21N3O3/c1-10(2)20-13-8-12(15-9-16-13)17-7-5-4-6-11(17)14(18)19-3/h8-11H,4-7H2,1-3H3. The van der Waals surface area contributed by atoms with Crippen LogP contribution in [0.3, 0.4) is 0 Å². The van der Waals surface area contributed by atoms with Gasteiger partial charge in [0.1, 0.15) is 18.2 Å². The van der Waals surface area contributed by atoms with E-state index in [9.17, 15) is 4.79 Å². The molecule has 0 saturated carbocycles. The van der Waals surface area contributed by atoms with E-state index in [-0.39, 0.29) is 18.1 Å². The number of piperidine rings is 1. The molecule has 1 aliphatic heterocycles. The molecule has 1 fully saturated rings. The number of nitrogens with zero attached hydrogens (tertiary/aromatic N) is 3. The average molecular weight is 279 g/mol. The van der Waals surface area contributed by atoms with Crippen LogP contribution in [0, 0.1) is 0 Å². The molecule has 1 aliphatic rings. The summed E-state index contributed by atoms with van der Waals surface area (Å²) in [5.74, 6) is 1.03. The average Bonchev–Trinajstić information content (AvgIpc) is 2.46. The van der Waals surface area contributed by atoms with Crippen LogP contribution in [0.4, 0.5) is 5.82 Å². The van der Waals surface area contributed by atoms with Gasteiger partial charge in [-0.15, -0.1) is 0 Å². The zero-order valence-electron chi connectivity index (χ0n) is 12.2. The van der Waals surface area contributed by atoms with Crippen molar-refractivity contribution in [2.75, 3.05) is 18.6 Å². The predicted octanol–water partition coefficient (Wildman–Crippen LogP) is 1.80. The Kier molecular flexibility index (Phi) is 4.76. The van der Waals surface area contributed by atoms with Crippen molar-refractivity contribution in [1.29, 1.82) is 0 Å². The van der Waals surface area contributed by atoms with Crippen molar-refractivity contribution in [3.8, 4) is 5.88 Å². The second-order valence-corrected chi connectivity index (χ2v) is 5.11. The van der Waals surface area contributed by atoms with Gasteiger partial charge in [0.05, 0.1) is 13.2 Å². The van der Waals surface area contributed by atoms with Gasteiger partial charge in [0, 0.05) is 12.6 Å². The molecule has 1 unspecified atom stereocenters. The Bertz CT molecular complexity index is 465. The van der Waals surface area contributed by atoms with Gasteiger partial charge >= 0.3 is 5.97 Å². The quantitative estimate of drug-likeness (QED) is 0.783. The molecule has 6 heteroatoms. The predicted molar refractivity (Wildman–Crippen MR) is 74.8 cm³/mol. The highest BCUT2D eigenvalue weighted by Crippen LogP contribution is 2.25. The number of hydrogen-bond donors (Lipinski definition) is 0. The second-order valence-electron chi connectivity index (χ2n) is 5.11. The van der Waals surface area contributed by atoms with Crippen molar-refractivity contribution in [1.82, 2.24) is 9.97 Å². The fourth-order valence-electron chi connectivity index (χ4n) is 2.38. The first-order valence-corrected chi connectivity index (χ1v) is 6.95. The van der Waals surface area contributed by atoms with E-state index < -0.39 is 0 Å². The summed E-state index contributed by atoms with van der Waals surface area (Å²) in [6, 6.07) is 1.51. The van der Waals surface area contributed by atoms with Crippen LogP contribution in [-0.2, 0) is 9.53 Å². The lowest BCUT2D eigenvalue weighted by molar-refractivity contribution is -0.142. The Balaban J connectivity index is 2.21. The highest BCUT2D eigenvalue weighted by Gasteiger charge is 2.30. The Hall–Kier alpha value is -1.85. The molecule has 2 heterocycles. The van der Waals surface area contributed by atoms with Crippen molar-refractivity contribution < 1.29 is 14.3 Å². The number of ether oxygens (including phenoxy) is 2. The van der Waals surface area contributed by atoms with Crippen LogP contribution in [0.25, 0.3) is 0 Å². The Labute approximate surface area is 119 Å². The van der Waals surface area contributed by atoms with E-state index in [0.717, 1.165) is 25.8 Å². The summed E-state index contributed by atoms with van der Waals surface area (Å²) < 4.78 is 10.5. The lowest BCUT2D eigenvalue weighted by atomic mass is 10.0. The molecule has 0 spiro atoms. The molecular weight excluding hydrogens is 258 g/mol. The fraction of sp³-hybridized carbons (Fsp3) is 0.643. The molecular formula is C14H21N3O3. The van der Waals surface area contributed by atoms with Gasteiger partial charge in [-0.2, -0.15) is 0 Å². The van der Waals surface area contributed by atoms with E-state index in [4.69, 9.17) is 9.47 Å². The van der Waals surface area contributed by atoms with Crippen molar-refractivity contribution in [3.63, 3.8) is 0 Å². The Morgan fingerprint density at radius 2 is 2.20 bits per heavy atom. The van der Waals surface area contributed by atoms with Crippen LogP contribution in [0.1, 0.15) is 33.1 Å². The molecule has 1 atom stereocenters. The molecule has 0 bridgehead atoms. The van der Waals surface area contributed by atoms with Crippen LogP contribution < -0.4 is 9.64 Å². The SMILES string of the molecule is COC(=O)C1CCCCN1c1cc(OC(C)C)ncn1. The summed E-state index contributed by atoms with van der Waals surface area (Å²) in [4.78, 5) is 22.2. The van der Waals surface area contributed by atoms with E-state index in [1.54, 1.807) is 6.07 Å². The Morgan fingerprint density at radius 1 is 1.40 bits per heavy atom. The molecule has 2 rings (SSSR count). The monoisotopic (exact) mass is 279 g/mol. The van der Waals surface area contributed by atoms with Gasteiger partial charge in [-0.1, -0.05) is 0 Å². The molecule has 0 N–H and O–H groups in total. The van der Waals surface area contributed by atoms with E-state index in [1.165, 1.54) is 13.4 Å². The number of hydrogen-bond acceptors (Lipinski definition) is 6. The van der Waals surface area contributed by atoms with Crippen LogP contribution in [0.5, 0.6) is 5.88 Å². The molecule has 6 nitrogen and oxygen atoms in total. The lowest BCUT2D eigenvalue weighted by Gasteiger charge is -2.34. The molecule has 0 radical (unpaired) electrons. The molecule has 0 aromatic carbocycles. The van der Waals surface area contributed by atoms with E-state index >= 15 is 0 Å². The van der Waals surface area contributed by atoms with E-state index in [1.807, 2.05) is 18.7 Å². The third-order valence-corrected chi connectivity index (χ3v) is 3.25. The summed E-state index contributed by atoms with van der Waals surface area (Å²) in [5.41, 5.74) is 0. The smallest absolute Gasteiger partial charge is 0.328 e. The second kappa shape index (κ2) is 6.54. The third kappa shape index (κ3) is 3.37. The third-order valence-electron chi connectivity index (χ3n) is 3.25. The summed E-state index contributed by atoms with van der Waals surface area (Å²) in [6.45, 7) is 4.68. The summed E-state index contributed by atoms with van der Waals surface area (Å²) in [5, 5.41) is 0. The fourth-order valence-corrected chi connectivity index (χ4v) is 2.38. The summed E-state index contributed by atoms with van der Waals surface area (Å²) in [7, 11) is 1.42.